The second-order valence-electron chi connectivity index (χ2n) is 5.78. The minimum Gasteiger partial charge on any atom is -0.389 e. The maximum Gasteiger partial charge on any atom is 0.240 e. The van der Waals surface area contributed by atoms with Crippen molar-refractivity contribution in [2.75, 3.05) is 19.6 Å². The summed E-state index contributed by atoms with van der Waals surface area (Å²) < 4.78 is 27.3. The lowest BCUT2D eigenvalue weighted by Gasteiger charge is -2.21. The third-order valence-electron chi connectivity index (χ3n) is 3.76. The highest BCUT2D eigenvalue weighted by atomic mass is 32.2. The Morgan fingerprint density at radius 1 is 1.19 bits per heavy atom. The Bertz CT molecular complexity index is 549. The van der Waals surface area contributed by atoms with E-state index in [1.807, 2.05) is 6.92 Å². The molecule has 5 nitrogen and oxygen atoms in total. The van der Waals surface area contributed by atoms with E-state index in [-0.39, 0.29) is 10.9 Å². The van der Waals surface area contributed by atoms with Crippen LogP contribution < -0.4 is 4.72 Å². The summed E-state index contributed by atoms with van der Waals surface area (Å²) in [5.74, 6) is 0. The van der Waals surface area contributed by atoms with Crippen LogP contribution in [0.25, 0.3) is 0 Å². The predicted molar refractivity (Wildman–Crippen MR) is 82.5 cm³/mol. The van der Waals surface area contributed by atoms with Crippen LogP contribution in [0.3, 0.4) is 0 Å². The molecule has 1 aliphatic heterocycles. The molecule has 0 aliphatic carbocycles. The average Bonchev–Trinajstić information content (AvgIpc) is 2.90. The molecule has 0 saturated carbocycles. The van der Waals surface area contributed by atoms with E-state index in [9.17, 15) is 13.5 Å². The Morgan fingerprint density at radius 2 is 1.76 bits per heavy atom. The summed E-state index contributed by atoms with van der Waals surface area (Å²) in [5, 5.41) is 9.45. The van der Waals surface area contributed by atoms with Gasteiger partial charge in [-0.1, -0.05) is 12.1 Å². The van der Waals surface area contributed by atoms with Gasteiger partial charge >= 0.3 is 0 Å². The molecule has 1 fully saturated rings. The highest BCUT2D eigenvalue weighted by Crippen LogP contribution is 2.16. The number of likely N-dealkylation sites (tertiary alicyclic amines) is 1. The molecule has 1 saturated heterocycles. The van der Waals surface area contributed by atoms with Crippen LogP contribution in [0.4, 0.5) is 0 Å². The van der Waals surface area contributed by atoms with Gasteiger partial charge in [0.15, 0.2) is 0 Å². The van der Waals surface area contributed by atoms with Gasteiger partial charge in [0.05, 0.1) is 11.0 Å². The first-order valence-electron chi connectivity index (χ1n) is 7.41. The van der Waals surface area contributed by atoms with E-state index in [2.05, 4.69) is 9.62 Å². The van der Waals surface area contributed by atoms with Gasteiger partial charge < -0.3 is 10.0 Å². The Labute approximate surface area is 127 Å². The van der Waals surface area contributed by atoms with E-state index >= 15 is 0 Å². The van der Waals surface area contributed by atoms with Crippen LogP contribution in [0.1, 0.15) is 38.4 Å². The molecule has 1 aromatic rings. The van der Waals surface area contributed by atoms with Gasteiger partial charge in [-0.25, -0.2) is 13.1 Å². The Kier molecular flexibility index (Phi) is 5.37. The number of hydrogen-bond donors (Lipinski definition) is 2. The minimum atomic E-state index is -3.50. The first-order chi connectivity index (χ1) is 9.88. The molecular weight excluding hydrogens is 288 g/mol. The van der Waals surface area contributed by atoms with Gasteiger partial charge in [-0.3, -0.25) is 0 Å². The summed E-state index contributed by atoms with van der Waals surface area (Å²) in [6.45, 7) is 6.38. The smallest absolute Gasteiger partial charge is 0.240 e. The Hall–Kier alpha value is -0.950. The first kappa shape index (κ1) is 16.4. The Morgan fingerprint density at radius 3 is 2.29 bits per heavy atom. The fourth-order valence-electron chi connectivity index (χ4n) is 2.65. The zero-order valence-electron chi connectivity index (χ0n) is 12.6. The molecule has 0 amide bonds. The fourth-order valence-corrected chi connectivity index (χ4v) is 3.88. The molecule has 0 aromatic heterocycles. The monoisotopic (exact) mass is 312 g/mol. The molecule has 21 heavy (non-hydrogen) atoms. The molecular formula is C15H24N2O3S. The van der Waals surface area contributed by atoms with Crippen LogP contribution in [0.5, 0.6) is 0 Å². The minimum absolute atomic E-state index is 0.121. The number of nitrogens with zero attached hydrogens (tertiary/aromatic N) is 1. The van der Waals surface area contributed by atoms with Crippen molar-refractivity contribution in [2.24, 2.45) is 0 Å². The lowest BCUT2D eigenvalue weighted by atomic mass is 10.1. The number of aliphatic hydroxyl groups excluding tert-OH is 1. The van der Waals surface area contributed by atoms with Crippen LogP contribution in [0, 0.1) is 0 Å². The molecule has 2 rings (SSSR count). The maximum absolute atomic E-state index is 12.3. The van der Waals surface area contributed by atoms with Crippen LogP contribution in [-0.4, -0.2) is 44.1 Å². The average molecular weight is 312 g/mol. The first-order valence-corrected chi connectivity index (χ1v) is 8.89. The zero-order chi connectivity index (χ0) is 15.5. The third-order valence-corrected chi connectivity index (χ3v) is 5.37. The molecule has 0 radical (unpaired) electrons. The van der Waals surface area contributed by atoms with Gasteiger partial charge in [0.2, 0.25) is 10.0 Å². The van der Waals surface area contributed by atoms with Crippen LogP contribution in [0.15, 0.2) is 29.2 Å². The lowest BCUT2D eigenvalue weighted by Crippen LogP contribution is -2.41. The van der Waals surface area contributed by atoms with Crippen molar-refractivity contribution in [3.63, 3.8) is 0 Å². The number of benzene rings is 1. The van der Waals surface area contributed by atoms with Crippen molar-refractivity contribution in [3.8, 4) is 0 Å². The second kappa shape index (κ2) is 6.87. The zero-order valence-corrected chi connectivity index (χ0v) is 13.4. The molecule has 0 spiro atoms. The highest BCUT2D eigenvalue weighted by Gasteiger charge is 2.20. The van der Waals surface area contributed by atoms with Crippen LogP contribution in [-0.2, 0) is 10.0 Å². The van der Waals surface area contributed by atoms with Crippen molar-refractivity contribution in [1.82, 2.24) is 9.62 Å². The summed E-state index contributed by atoms with van der Waals surface area (Å²) in [5.41, 5.74) is 0.707. The predicted octanol–water partition coefficient (Wildman–Crippen LogP) is 1.50. The van der Waals surface area contributed by atoms with Crippen molar-refractivity contribution >= 4 is 10.0 Å². The van der Waals surface area contributed by atoms with Gasteiger partial charge in [0.25, 0.3) is 0 Å². The van der Waals surface area contributed by atoms with Gasteiger partial charge in [-0.05, 0) is 57.5 Å². The number of hydrogen-bond acceptors (Lipinski definition) is 4. The SMILES string of the molecule is CC(CN1CCCC1)NS(=O)(=O)c1ccc(C(C)O)cc1. The van der Waals surface area contributed by atoms with Crippen molar-refractivity contribution in [2.45, 2.75) is 43.7 Å². The summed E-state index contributed by atoms with van der Waals surface area (Å²) in [7, 11) is -3.50. The number of rotatable bonds is 6. The van der Waals surface area contributed by atoms with Crippen molar-refractivity contribution in [1.29, 1.82) is 0 Å². The largest absolute Gasteiger partial charge is 0.389 e. The molecule has 118 valence electrons. The van der Waals surface area contributed by atoms with E-state index in [4.69, 9.17) is 0 Å². The van der Waals surface area contributed by atoms with Gasteiger partial charge in [0, 0.05) is 12.6 Å². The summed E-state index contributed by atoms with van der Waals surface area (Å²) >= 11 is 0. The van der Waals surface area contributed by atoms with E-state index in [1.54, 1.807) is 19.1 Å². The summed E-state index contributed by atoms with van der Waals surface area (Å²) in [6, 6.07) is 6.24. The quantitative estimate of drug-likeness (QED) is 0.835. The van der Waals surface area contributed by atoms with E-state index in [0.29, 0.717) is 5.56 Å². The molecule has 1 heterocycles. The van der Waals surface area contributed by atoms with Crippen LogP contribution >= 0.6 is 0 Å². The molecule has 2 unspecified atom stereocenters. The van der Waals surface area contributed by atoms with E-state index < -0.39 is 16.1 Å². The molecule has 1 aliphatic rings. The maximum atomic E-state index is 12.3. The molecule has 2 atom stereocenters. The van der Waals surface area contributed by atoms with Gasteiger partial charge in [0.1, 0.15) is 0 Å². The fraction of sp³-hybridized carbons (Fsp3) is 0.600. The van der Waals surface area contributed by atoms with Crippen molar-refractivity contribution in [3.05, 3.63) is 29.8 Å². The molecule has 2 N–H and O–H groups in total. The van der Waals surface area contributed by atoms with Gasteiger partial charge in [-0.2, -0.15) is 0 Å². The normalized spacial score (nSPS) is 19.6. The Balaban J connectivity index is 1.99. The molecule has 0 bridgehead atoms. The van der Waals surface area contributed by atoms with Crippen molar-refractivity contribution < 1.29 is 13.5 Å². The van der Waals surface area contributed by atoms with E-state index in [1.165, 1.54) is 25.0 Å². The molecule has 6 heteroatoms. The highest BCUT2D eigenvalue weighted by molar-refractivity contribution is 7.89. The number of aliphatic hydroxyl groups is 1. The number of nitrogens with one attached hydrogen (secondary N) is 1. The molecule has 1 aromatic carbocycles. The van der Waals surface area contributed by atoms with E-state index in [0.717, 1.165) is 19.6 Å². The standard InChI is InChI=1S/C15H24N2O3S/c1-12(11-17-9-3-4-10-17)16-21(19,20)15-7-5-14(6-8-15)13(2)18/h5-8,12-13,16,18H,3-4,9-11H2,1-2H3. The summed E-state index contributed by atoms with van der Waals surface area (Å²) in [6.07, 6.45) is 1.80. The van der Waals surface area contributed by atoms with Gasteiger partial charge in [-0.15, -0.1) is 0 Å². The number of sulfonamides is 1. The summed E-state index contributed by atoms with van der Waals surface area (Å²) in [4.78, 5) is 2.52. The topological polar surface area (TPSA) is 69.6 Å². The third kappa shape index (κ3) is 4.51. The second-order valence-corrected chi connectivity index (χ2v) is 7.49. The van der Waals surface area contributed by atoms with Crippen LogP contribution in [0.2, 0.25) is 0 Å². The lowest BCUT2D eigenvalue weighted by molar-refractivity contribution is 0.199.